The van der Waals surface area contributed by atoms with E-state index in [1.807, 2.05) is 29.2 Å². The second-order valence-corrected chi connectivity index (χ2v) is 8.84. The predicted octanol–water partition coefficient (Wildman–Crippen LogP) is 4.29. The van der Waals surface area contributed by atoms with Crippen LogP contribution in [0.25, 0.3) is 11.1 Å². The Morgan fingerprint density at radius 2 is 1.81 bits per heavy atom. The summed E-state index contributed by atoms with van der Waals surface area (Å²) in [6.45, 7) is 0.282. The van der Waals surface area contributed by atoms with Gasteiger partial charge in [0.1, 0.15) is 5.82 Å². The summed E-state index contributed by atoms with van der Waals surface area (Å²) < 4.78 is 0. The zero-order valence-corrected chi connectivity index (χ0v) is 17.8. The molecule has 0 bridgehead atoms. The fourth-order valence-corrected chi connectivity index (χ4v) is 5.47. The lowest BCUT2D eigenvalue weighted by atomic mass is 9.94. The van der Waals surface area contributed by atoms with Crippen LogP contribution in [0.15, 0.2) is 36.5 Å². The highest BCUT2D eigenvalue weighted by atomic mass is 35.5. The van der Waals surface area contributed by atoms with Crippen molar-refractivity contribution < 1.29 is 14.4 Å². The molecule has 2 saturated heterocycles. The molecule has 1 N–H and O–H groups in total. The topological polar surface area (TPSA) is 82.6 Å². The van der Waals surface area contributed by atoms with Gasteiger partial charge in [-0.15, -0.1) is 0 Å². The number of rotatable bonds is 3. The second kappa shape index (κ2) is 7.64. The molecule has 1 aromatic carbocycles. The van der Waals surface area contributed by atoms with Gasteiger partial charge in [-0.05, 0) is 37.5 Å². The summed E-state index contributed by atoms with van der Waals surface area (Å²) in [6, 6.07) is 8.78. The summed E-state index contributed by atoms with van der Waals surface area (Å²) in [5.74, 6) is 0.548. The van der Waals surface area contributed by atoms with Crippen molar-refractivity contribution in [2.75, 3.05) is 16.3 Å². The number of nitrogens with zero attached hydrogens (tertiary/aromatic N) is 3. The van der Waals surface area contributed by atoms with Crippen LogP contribution in [0, 0.1) is 0 Å². The van der Waals surface area contributed by atoms with E-state index < -0.39 is 6.03 Å². The molecule has 3 heterocycles. The average Bonchev–Trinajstić information content (AvgIpc) is 3.36. The maximum absolute atomic E-state index is 12.6. The highest BCUT2D eigenvalue weighted by molar-refractivity contribution is 6.36. The van der Waals surface area contributed by atoms with Crippen molar-refractivity contribution in [1.29, 1.82) is 0 Å². The monoisotopic (exact) mass is 438 g/mol. The fourth-order valence-electron chi connectivity index (χ4n) is 5.13. The van der Waals surface area contributed by atoms with Crippen LogP contribution >= 0.6 is 11.6 Å². The first-order chi connectivity index (χ1) is 15.0. The molecule has 4 amide bonds. The van der Waals surface area contributed by atoms with Gasteiger partial charge in [0.25, 0.3) is 0 Å². The van der Waals surface area contributed by atoms with Crippen LogP contribution in [0.3, 0.4) is 0 Å². The molecule has 8 heteroatoms. The van der Waals surface area contributed by atoms with Crippen molar-refractivity contribution in [3.8, 4) is 11.1 Å². The normalized spacial score (nSPS) is 20.6. The third-order valence-corrected chi connectivity index (χ3v) is 7.07. The van der Waals surface area contributed by atoms with E-state index >= 15 is 0 Å². The van der Waals surface area contributed by atoms with Gasteiger partial charge in [-0.2, -0.15) is 0 Å². The molecule has 5 rings (SSSR count). The number of halogens is 1. The zero-order valence-electron chi connectivity index (χ0n) is 17.1. The summed E-state index contributed by atoms with van der Waals surface area (Å²) in [5, 5.41) is 2.74. The first-order valence-corrected chi connectivity index (χ1v) is 11.1. The van der Waals surface area contributed by atoms with Crippen molar-refractivity contribution in [3.05, 3.63) is 41.6 Å². The maximum atomic E-state index is 12.6. The number of carbonyl (C=O) groups excluding carboxylic acids is 3. The lowest BCUT2D eigenvalue weighted by Crippen LogP contribution is -2.49. The first kappa shape index (κ1) is 20.0. The molecular formula is C23H23ClN4O3. The van der Waals surface area contributed by atoms with Crippen molar-refractivity contribution in [2.24, 2.45) is 0 Å². The number of amides is 4. The first-order valence-electron chi connectivity index (χ1n) is 10.7. The summed E-state index contributed by atoms with van der Waals surface area (Å²) >= 11 is 6.67. The second-order valence-electron chi connectivity index (χ2n) is 8.46. The molecular weight excluding hydrogens is 416 g/mol. The smallest absolute Gasteiger partial charge is 0.292 e. The Labute approximate surface area is 185 Å². The van der Waals surface area contributed by atoms with Crippen molar-refractivity contribution in [1.82, 2.24) is 10.3 Å². The minimum Gasteiger partial charge on any atom is -0.292 e. The summed E-state index contributed by atoms with van der Waals surface area (Å²) in [5.41, 5.74) is 2.03. The third-order valence-electron chi connectivity index (χ3n) is 6.67. The van der Waals surface area contributed by atoms with Gasteiger partial charge in [0.2, 0.25) is 11.8 Å². The molecule has 1 spiro atoms. The van der Waals surface area contributed by atoms with Crippen LogP contribution < -0.4 is 15.1 Å². The number of hydrogen-bond donors (Lipinski definition) is 1. The summed E-state index contributed by atoms with van der Waals surface area (Å²) in [4.78, 5) is 44.3. The SMILES string of the molecule is O=C1CCN(c2cccc(-c3ccc(N4C(=O)CCC45CCCC5)nc3)c2Cl)C(=O)N1. The van der Waals surface area contributed by atoms with E-state index in [-0.39, 0.29) is 30.3 Å². The Morgan fingerprint density at radius 1 is 1.00 bits per heavy atom. The van der Waals surface area contributed by atoms with Crippen LogP contribution in [0.1, 0.15) is 44.9 Å². The lowest BCUT2D eigenvalue weighted by molar-refractivity contribution is -0.120. The minimum absolute atomic E-state index is 0.0672. The number of carbonyl (C=O) groups is 3. The Kier molecular flexibility index (Phi) is 4.93. The number of urea groups is 1. The molecule has 1 aromatic heterocycles. The molecule has 0 radical (unpaired) electrons. The zero-order chi connectivity index (χ0) is 21.6. The maximum Gasteiger partial charge on any atom is 0.328 e. The van der Waals surface area contributed by atoms with E-state index in [9.17, 15) is 14.4 Å². The highest BCUT2D eigenvalue weighted by Crippen LogP contribution is 2.45. The molecule has 1 aliphatic carbocycles. The molecule has 160 valence electrons. The van der Waals surface area contributed by atoms with Crippen LogP contribution in [-0.4, -0.2) is 34.9 Å². The van der Waals surface area contributed by atoms with Crippen LogP contribution in [0.4, 0.5) is 16.3 Å². The Morgan fingerprint density at radius 3 is 2.52 bits per heavy atom. The molecule has 7 nitrogen and oxygen atoms in total. The number of imide groups is 1. The van der Waals surface area contributed by atoms with Gasteiger partial charge in [0, 0.05) is 42.2 Å². The van der Waals surface area contributed by atoms with Crippen LogP contribution in [0.5, 0.6) is 0 Å². The van der Waals surface area contributed by atoms with Gasteiger partial charge >= 0.3 is 6.03 Å². The van der Waals surface area contributed by atoms with E-state index in [0.29, 0.717) is 22.9 Å². The van der Waals surface area contributed by atoms with E-state index in [1.54, 1.807) is 12.3 Å². The van der Waals surface area contributed by atoms with E-state index in [2.05, 4.69) is 10.3 Å². The van der Waals surface area contributed by atoms with Gasteiger partial charge in [-0.1, -0.05) is 36.6 Å². The van der Waals surface area contributed by atoms with Gasteiger partial charge in [0.15, 0.2) is 0 Å². The lowest BCUT2D eigenvalue weighted by Gasteiger charge is -2.34. The molecule has 3 aliphatic rings. The molecule has 0 atom stereocenters. The number of aromatic nitrogens is 1. The number of benzene rings is 1. The number of anilines is 2. The van der Waals surface area contributed by atoms with E-state index in [4.69, 9.17) is 11.6 Å². The number of pyridine rings is 1. The fraction of sp³-hybridized carbons (Fsp3) is 0.391. The molecule has 31 heavy (non-hydrogen) atoms. The minimum atomic E-state index is -0.474. The summed E-state index contributed by atoms with van der Waals surface area (Å²) in [6.07, 6.45) is 7.83. The third kappa shape index (κ3) is 3.37. The van der Waals surface area contributed by atoms with Crippen molar-refractivity contribution in [3.63, 3.8) is 0 Å². The van der Waals surface area contributed by atoms with Crippen molar-refractivity contribution >= 4 is 41.0 Å². The van der Waals surface area contributed by atoms with E-state index in [0.717, 1.165) is 43.2 Å². The van der Waals surface area contributed by atoms with Gasteiger partial charge < -0.3 is 0 Å². The van der Waals surface area contributed by atoms with Gasteiger partial charge in [-0.25, -0.2) is 9.78 Å². The Hall–Kier alpha value is -2.93. The van der Waals surface area contributed by atoms with Crippen LogP contribution in [-0.2, 0) is 9.59 Å². The number of hydrogen-bond acceptors (Lipinski definition) is 4. The van der Waals surface area contributed by atoms with E-state index in [1.165, 1.54) is 4.90 Å². The van der Waals surface area contributed by atoms with Crippen LogP contribution in [0.2, 0.25) is 5.02 Å². The highest BCUT2D eigenvalue weighted by Gasteiger charge is 2.48. The Bertz CT molecular complexity index is 1060. The average molecular weight is 439 g/mol. The molecule has 2 aromatic rings. The van der Waals surface area contributed by atoms with Crippen molar-refractivity contribution in [2.45, 2.75) is 50.5 Å². The largest absolute Gasteiger partial charge is 0.328 e. The van der Waals surface area contributed by atoms with Gasteiger partial charge in [-0.3, -0.25) is 24.7 Å². The molecule has 0 unspecified atom stereocenters. The summed E-state index contributed by atoms with van der Waals surface area (Å²) in [7, 11) is 0. The predicted molar refractivity (Wildman–Crippen MR) is 118 cm³/mol. The van der Waals surface area contributed by atoms with Gasteiger partial charge in [0.05, 0.1) is 10.7 Å². The molecule has 3 fully saturated rings. The molecule has 1 saturated carbocycles. The standard InChI is InChI=1S/C23H23ClN4O3/c24-21-16(4-3-5-17(21)27-13-9-19(29)26-22(27)31)15-6-7-18(25-14-15)28-20(30)8-12-23(28)10-1-2-11-23/h3-7,14H,1-2,8-13H2,(H,26,29,31). The Balaban J connectivity index is 1.45. The molecule has 2 aliphatic heterocycles. The number of nitrogens with one attached hydrogen (secondary N) is 1. The quantitative estimate of drug-likeness (QED) is 0.775.